The van der Waals surface area contributed by atoms with Gasteiger partial charge in [0, 0.05) is 18.1 Å². The minimum absolute atomic E-state index is 0.0624. The van der Waals surface area contributed by atoms with Crippen LogP contribution in [0.1, 0.15) is 34.6 Å². The number of aliphatic hydroxyl groups is 1. The average molecular weight is 288 g/mol. The zero-order valence-corrected chi connectivity index (χ0v) is 11.4. The number of fused-ring (bicyclic) bond motifs is 1. The second-order valence-electron chi connectivity index (χ2n) is 4.93. The van der Waals surface area contributed by atoms with Crippen molar-refractivity contribution in [1.82, 2.24) is 0 Å². The molecule has 2 rings (SSSR count). The summed E-state index contributed by atoms with van der Waals surface area (Å²) < 4.78 is 0. The van der Waals surface area contributed by atoms with E-state index in [2.05, 4.69) is 0 Å². The van der Waals surface area contributed by atoms with Crippen molar-refractivity contribution in [3.63, 3.8) is 0 Å². The summed E-state index contributed by atoms with van der Waals surface area (Å²) in [5.74, 6) is -7.23. The second kappa shape index (κ2) is 4.82. The Morgan fingerprint density at radius 3 is 1.76 bits per heavy atom. The van der Waals surface area contributed by atoms with E-state index in [4.69, 9.17) is 0 Å². The standard InChI is InChI=1S/C15H12O6/c1-7(16)11(12(18)8(2)17)15(21)13(19)9-5-3-4-6-10(9)14(15)20/h3-6,11,21H,1-2H3/t11-/m0/s1. The van der Waals surface area contributed by atoms with Gasteiger partial charge < -0.3 is 5.11 Å². The molecule has 0 amide bonds. The van der Waals surface area contributed by atoms with Gasteiger partial charge in [0.2, 0.25) is 23.0 Å². The molecule has 0 fully saturated rings. The lowest BCUT2D eigenvalue weighted by atomic mass is 9.77. The van der Waals surface area contributed by atoms with Gasteiger partial charge in [-0.05, 0) is 6.92 Å². The number of hydrogen-bond donors (Lipinski definition) is 1. The fourth-order valence-electron chi connectivity index (χ4n) is 2.53. The van der Waals surface area contributed by atoms with E-state index in [-0.39, 0.29) is 11.1 Å². The average Bonchev–Trinajstić information content (AvgIpc) is 2.62. The fraction of sp³-hybridized carbons (Fsp3) is 0.267. The van der Waals surface area contributed by atoms with Gasteiger partial charge in [0.1, 0.15) is 11.7 Å². The van der Waals surface area contributed by atoms with Gasteiger partial charge in [0.15, 0.2) is 5.78 Å². The smallest absolute Gasteiger partial charge is 0.212 e. The van der Waals surface area contributed by atoms with E-state index in [1.165, 1.54) is 24.3 Å². The third-order valence-electron chi connectivity index (χ3n) is 3.54. The zero-order valence-electron chi connectivity index (χ0n) is 11.4. The van der Waals surface area contributed by atoms with Gasteiger partial charge in [-0.1, -0.05) is 24.3 Å². The Balaban J connectivity index is 2.64. The number of ketones is 5. The summed E-state index contributed by atoms with van der Waals surface area (Å²) in [4.78, 5) is 59.4. The van der Waals surface area contributed by atoms with Crippen LogP contribution in [0.2, 0.25) is 0 Å². The summed E-state index contributed by atoms with van der Waals surface area (Å²) in [5, 5.41) is 10.5. The lowest BCUT2D eigenvalue weighted by Crippen LogP contribution is -2.55. The predicted molar refractivity (Wildman–Crippen MR) is 69.9 cm³/mol. The van der Waals surface area contributed by atoms with Crippen molar-refractivity contribution in [1.29, 1.82) is 0 Å². The molecule has 1 atom stereocenters. The number of carbonyl (C=O) groups excluding carboxylic acids is 5. The SMILES string of the molecule is CC(=O)C(=O)[C@H](C(C)=O)C1(O)C(=O)c2ccccc2C1=O. The maximum Gasteiger partial charge on any atom is 0.212 e. The Hall–Kier alpha value is -2.47. The normalized spacial score (nSPS) is 17.3. The Kier molecular flexibility index (Phi) is 3.43. The van der Waals surface area contributed by atoms with Crippen LogP contribution in [0.15, 0.2) is 24.3 Å². The van der Waals surface area contributed by atoms with E-state index in [9.17, 15) is 29.1 Å². The summed E-state index contributed by atoms with van der Waals surface area (Å²) >= 11 is 0. The molecule has 108 valence electrons. The minimum Gasteiger partial charge on any atom is -0.373 e. The lowest BCUT2D eigenvalue weighted by Gasteiger charge is -2.25. The van der Waals surface area contributed by atoms with Gasteiger partial charge in [0.25, 0.3) is 0 Å². The highest BCUT2D eigenvalue weighted by molar-refractivity contribution is 6.45. The van der Waals surface area contributed by atoms with Crippen molar-refractivity contribution >= 4 is 28.9 Å². The molecule has 1 aliphatic carbocycles. The third-order valence-corrected chi connectivity index (χ3v) is 3.54. The van der Waals surface area contributed by atoms with Crippen LogP contribution in [-0.4, -0.2) is 39.6 Å². The van der Waals surface area contributed by atoms with E-state index < -0.39 is 40.4 Å². The van der Waals surface area contributed by atoms with Crippen molar-refractivity contribution in [3.05, 3.63) is 35.4 Å². The molecule has 21 heavy (non-hydrogen) atoms. The van der Waals surface area contributed by atoms with Crippen molar-refractivity contribution in [3.8, 4) is 0 Å². The monoisotopic (exact) mass is 288 g/mol. The maximum atomic E-state index is 12.3. The Labute approximate surface area is 119 Å². The van der Waals surface area contributed by atoms with Crippen LogP contribution in [0.5, 0.6) is 0 Å². The van der Waals surface area contributed by atoms with Crippen LogP contribution < -0.4 is 0 Å². The summed E-state index contributed by atoms with van der Waals surface area (Å²) in [6.45, 7) is 1.87. The predicted octanol–water partition coefficient (Wildman–Crippen LogP) is 0.160. The minimum atomic E-state index is -2.84. The summed E-state index contributed by atoms with van der Waals surface area (Å²) in [6.07, 6.45) is 0. The van der Waals surface area contributed by atoms with E-state index >= 15 is 0 Å². The van der Waals surface area contributed by atoms with Gasteiger partial charge >= 0.3 is 0 Å². The molecule has 0 radical (unpaired) electrons. The first kappa shape index (κ1) is 14.9. The number of carbonyl (C=O) groups is 5. The number of Topliss-reactive ketones (excluding diaryl/α,β-unsaturated/α-hetero) is 5. The van der Waals surface area contributed by atoms with Crippen molar-refractivity contribution in [2.45, 2.75) is 19.4 Å². The number of benzene rings is 1. The molecular weight excluding hydrogens is 276 g/mol. The van der Waals surface area contributed by atoms with Crippen molar-refractivity contribution in [2.75, 3.05) is 0 Å². The van der Waals surface area contributed by atoms with Crippen LogP contribution in [-0.2, 0) is 14.4 Å². The lowest BCUT2D eigenvalue weighted by molar-refractivity contribution is -0.145. The van der Waals surface area contributed by atoms with Crippen molar-refractivity contribution < 1.29 is 29.1 Å². The van der Waals surface area contributed by atoms with Crippen molar-refractivity contribution in [2.24, 2.45) is 5.92 Å². The maximum absolute atomic E-state index is 12.3. The quantitative estimate of drug-likeness (QED) is 0.625. The van der Waals surface area contributed by atoms with Gasteiger partial charge in [-0.3, -0.25) is 24.0 Å². The zero-order chi connectivity index (χ0) is 15.9. The second-order valence-corrected chi connectivity index (χ2v) is 4.93. The Morgan fingerprint density at radius 2 is 1.43 bits per heavy atom. The molecule has 0 bridgehead atoms. The Bertz CT molecular complexity index is 665. The van der Waals surface area contributed by atoms with E-state index in [1.54, 1.807) is 0 Å². The van der Waals surface area contributed by atoms with Crippen LogP contribution in [0, 0.1) is 5.92 Å². The van der Waals surface area contributed by atoms with Crippen LogP contribution in [0.4, 0.5) is 0 Å². The van der Waals surface area contributed by atoms with E-state index in [0.29, 0.717) is 0 Å². The Morgan fingerprint density at radius 1 is 1.00 bits per heavy atom. The molecule has 0 aliphatic heterocycles. The van der Waals surface area contributed by atoms with Crippen LogP contribution in [0.3, 0.4) is 0 Å². The molecule has 0 aromatic heterocycles. The largest absolute Gasteiger partial charge is 0.373 e. The fourth-order valence-corrected chi connectivity index (χ4v) is 2.53. The molecular formula is C15H12O6. The molecule has 0 heterocycles. The van der Waals surface area contributed by atoms with Gasteiger partial charge in [-0.2, -0.15) is 0 Å². The van der Waals surface area contributed by atoms with Gasteiger partial charge in [-0.15, -0.1) is 0 Å². The first-order valence-electron chi connectivity index (χ1n) is 6.19. The molecule has 1 aromatic carbocycles. The molecule has 1 aliphatic rings. The number of hydrogen-bond acceptors (Lipinski definition) is 6. The highest BCUT2D eigenvalue weighted by atomic mass is 16.3. The highest BCUT2D eigenvalue weighted by Crippen LogP contribution is 2.36. The van der Waals surface area contributed by atoms with E-state index in [0.717, 1.165) is 13.8 Å². The topological polar surface area (TPSA) is 106 Å². The molecule has 1 aromatic rings. The molecule has 6 nitrogen and oxygen atoms in total. The summed E-state index contributed by atoms with van der Waals surface area (Å²) in [7, 11) is 0. The van der Waals surface area contributed by atoms with Gasteiger partial charge in [-0.25, -0.2) is 0 Å². The molecule has 0 saturated heterocycles. The molecule has 0 spiro atoms. The first-order valence-corrected chi connectivity index (χ1v) is 6.19. The summed E-state index contributed by atoms with van der Waals surface area (Å²) in [6, 6.07) is 5.63. The molecule has 0 saturated carbocycles. The van der Waals surface area contributed by atoms with Crippen LogP contribution in [0.25, 0.3) is 0 Å². The molecule has 0 unspecified atom stereocenters. The first-order chi connectivity index (χ1) is 9.72. The molecule has 1 N–H and O–H groups in total. The van der Waals surface area contributed by atoms with Gasteiger partial charge in [0.05, 0.1) is 0 Å². The highest BCUT2D eigenvalue weighted by Gasteiger charge is 2.61. The summed E-state index contributed by atoms with van der Waals surface area (Å²) in [5.41, 5.74) is -2.96. The third kappa shape index (κ3) is 1.95. The number of rotatable bonds is 4. The van der Waals surface area contributed by atoms with Crippen LogP contribution >= 0.6 is 0 Å². The molecule has 6 heteroatoms. The van der Waals surface area contributed by atoms with E-state index in [1.807, 2.05) is 0 Å².